The minimum Gasteiger partial charge on any atom is -0.494 e. The molecule has 3 aromatic rings. The van der Waals surface area contributed by atoms with Gasteiger partial charge in [0.05, 0.1) is 19.1 Å². The zero-order chi connectivity index (χ0) is 17.2. The Bertz CT molecular complexity index is 880. The van der Waals surface area contributed by atoms with Crippen molar-refractivity contribution in [3.05, 3.63) is 65.4 Å². The maximum absolute atomic E-state index is 14.3. The van der Waals surface area contributed by atoms with E-state index in [9.17, 15) is 4.39 Å². The van der Waals surface area contributed by atoms with Crippen molar-refractivity contribution in [1.29, 1.82) is 0 Å². The molecule has 2 aromatic heterocycles. The largest absolute Gasteiger partial charge is 0.494 e. The second kappa shape index (κ2) is 6.64. The molecule has 0 fully saturated rings. The average Bonchev–Trinajstić information content (AvgIpc) is 3.18. The van der Waals surface area contributed by atoms with Gasteiger partial charge in [-0.3, -0.25) is 4.90 Å². The summed E-state index contributed by atoms with van der Waals surface area (Å²) in [6.45, 7) is 2.05. The zero-order valence-corrected chi connectivity index (χ0v) is 13.9. The fourth-order valence-corrected chi connectivity index (χ4v) is 3.11. The predicted molar refractivity (Wildman–Crippen MR) is 90.5 cm³/mol. The molecule has 0 saturated carbocycles. The van der Waals surface area contributed by atoms with Gasteiger partial charge in [-0.1, -0.05) is 12.1 Å². The Hall–Kier alpha value is -2.73. The standard InChI is InChI=1S/C19H18FN3O2/c1-24-16-5-2-4-13(18(16)20)11-23-8-7-15-14(12-23)10-21-19(22-15)17-6-3-9-25-17/h2-6,9-10H,7-8,11-12H2,1H3. The Balaban J connectivity index is 1.52. The summed E-state index contributed by atoms with van der Waals surface area (Å²) < 4.78 is 24.8. The zero-order valence-electron chi connectivity index (χ0n) is 13.9. The Kier molecular flexibility index (Phi) is 4.19. The van der Waals surface area contributed by atoms with Crippen LogP contribution in [0.2, 0.25) is 0 Å². The molecule has 25 heavy (non-hydrogen) atoms. The SMILES string of the molecule is COc1cccc(CN2CCc3nc(-c4ccco4)ncc3C2)c1F. The van der Waals surface area contributed by atoms with Crippen LogP contribution < -0.4 is 4.74 Å². The van der Waals surface area contributed by atoms with Gasteiger partial charge in [-0.25, -0.2) is 14.4 Å². The molecule has 5 nitrogen and oxygen atoms in total. The highest BCUT2D eigenvalue weighted by Crippen LogP contribution is 2.25. The Morgan fingerprint density at radius 2 is 2.20 bits per heavy atom. The summed E-state index contributed by atoms with van der Waals surface area (Å²) in [4.78, 5) is 11.2. The number of halogens is 1. The number of nitrogens with zero attached hydrogens (tertiary/aromatic N) is 3. The maximum atomic E-state index is 14.3. The fourth-order valence-electron chi connectivity index (χ4n) is 3.11. The van der Waals surface area contributed by atoms with Gasteiger partial charge in [-0.15, -0.1) is 0 Å². The van der Waals surface area contributed by atoms with Crippen LogP contribution in [0.3, 0.4) is 0 Å². The van der Waals surface area contributed by atoms with Gasteiger partial charge in [0, 0.05) is 43.4 Å². The van der Waals surface area contributed by atoms with E-state index in [0.717, 1.165) is 24.2 Å². The van der Waals surface area contributed by atoms with Crippen molar-refractivity contribution in [3.63, 3.8) is 0 Å². The second-order valence-electron chi connectivity index (χ2n) is 6.04. The van der Waals surface area contributed by atoms with Gasteiger partial charge < -0.3 is 9.15 Å². The summed E-state index contributed by atoms with van der Waals surface area (Å²) in [5.41, 5.74) is 2.74. The number of rotatable bonds is 4. The van der Waals surface area contributed by atoms with Crippen molar-refractivity contribution in [2.24, 2.45) is 0 Å². The molecular weight excluding hydrogens is 321 g/mol. The number of fused-ring (bicyclic) bond motifs is 1. The van der Waals surface area contributed by atoms with E-state index in [0.29, 0.717) is 30.2 Å². The van der Waals surface area contributed by atoms with Crippen molar-refractivity contribution in [2.45, 2.75) is 19.5 Å². The van der Waals surface area contributed by atoms with Crippen molar-refractivity contribution in [2.75, 3.05) is 13.7 Å². The molecule has 0 N–H and O–H groups in total. The third-order valence-corrected chi connectivity index (χ3v) is 4.41. The van der Waals surface area contributed by atoms with E-state index in [2.05, 4.69) is 14.9 Å². The molecular formula is C19H18FN3O2. The number of hydrogen-bond acceptors (Lipinski definition) is 5. The van der Waals surface area contributed by atoms with Gasteiger partial charge in [0.1, 0.15) is 0 Å². The van der Waals surface area contributed by atoms with E-state index in [1.807, 2.05) is 24.4 Å². The summed E-state index contributed by atoms with van der Waals surface area (Å²) in [6.07, 6.45) is 4.26. The number of benzene rings is 1. The molecule has 6 heteroatoms. The van der Waals surface area contributed by atoms with Crippen LogP contribution in [-0.2, 0) is 19.5 Å². The van der Waals surface area contributed by atoms with Crippen molar-refractivity contribution in [3.8, 4) is 17.3 Å². The number of ether oxygens (including phenoxy) is 1. The quantitative estimate of drug-likeness (QED) is 0.729. The first-order valence-corrected chi connectivity index (χ1v) is 8.17. The number of hydrogen-bond donors (Lipinski definition) is 0. The van der Waals surface area contributed by atoms with E-state index >= 15 is 0 Å². The van der Waals surface area contributed by atoms with Crippen LogP contribution in [0.1, 0.15) is 16.8 Å². The van der Waals surface area contributed by atoms with Crippen molar-refractivity contribution in [1.82, 2.24) is 14.9 Å². The molecule has 4 rings (SSSR count). The summed E-state index contributed by atoms with van der Waals surface area (Å²) in [7, 11) is 1.48. The van der Waals surface area contributed by atoms with Crippen LogP contribution in [-0.4, -0.2) is 28.5 Å². The van der Waals surface area contributed by atoms with Gasteiger partial charge >= 0.3 is 0 Å². The molecule has 1 aromatic carbocycles. The third kappa shape index (κ3) is 3.13. The maximum Gasteiger partial charge on any atom is 0.195 e. The molecule has 0 spiro atoms. The summed E-state index contributed by atoms with van der Waals surface area (Å²) in [5.74, 6) is 1.27. The predicted octanol–water partition coefficient (Wildman–Crippen LogP) is 3.44. The summed E-state index contributed by atoms with van der Waals surface area (Å²) >= 11 is 0. The van der Waals surface area contributed by atoms with Crippen LogP contribution in [0.25, 0.3) is 11.6 Å². The average molecular weight is 339 g/mol. The number of furan rings is 1. The van der Waals surface area contributed by atoms with E-state index < -0.39 is 0 Å². The Morgan fingerprint density at radius 3 is 3.00 bits per heavy atom. The molecule has 0 unspecified atom stereocenters. The number of methoxy groups -OCH3 is 1. The smallest absolute Gasteiger partial charge is 0.195 e. The van der Waals surface area contributed by atoms with Gasteiger partial charge in [-0.05, 0) is 18.2 Å². The molecule has 128 valence electrons. The van der Waals surface area contributed by atoms with Crippen LogP contribution in [0.5, 0.6) is 5.75 Å². The fraction of sp³-hybridized carbons (Fsp3) is 0.263. The molecule has 0 amide bonds. The van der Waals surface area contributed by atoms with E-state index in [-0.39, 0.29) is 11.6 Å². The highest BCUT2D eigenvalue weighted by atomic mass is 19.1. The normalized spacial score (nSPS) is 14.3. The van der Waals surface area contributed by atoms with Gasteiger partial charge in [0.15, 0.2) is 23.2 Å². The summed E-state index contributed by atoms with van der Waals surface area (Å²) in [5, 5.41) is 0. The molecule has 0 radical (unpaired) electrons. The minimum atomic E-state index is -0.291. The minimum absolute atomic E-state index is 0.279. The van der Waals surface area contributed by atoms with E-state index in [1.165, 1.54) is 7.11 Å². The van der Waals surface area contributed by atoms with Crippen molar-refractivity contribution < 1.29 is 13.5 Å². The lowest BCUT2D eigenvalue weighted by Gasteiger charge is -2.28. The van der Waals surface area contributed by atoms with E-state index in [4.69, 9.17) is 9.15 Å². The van der Waals surface area contributed by atoms with Crippen LogP contribution in [0.4, 0.5) is 4.39 Å². The lowest BCUT2D eigenvalue weighted by atomic mass is 10.1. The first-order valence-electron chi connectivity index (χ1n) is 8.17. The lowest BCUT2D eigenvalue weighted by molar-refractivity contribution is 0.238. The second-order valence-corrected chi connectivity index (χ2v) is 6.04. The molecule has 0 aliphatic carbocycles. The van der Waals surface area contributed by atoms with Gasteiger partial charge in [0.25, 0.3) is 0 Å². The highest BCUT2D eigenvalue weighted by Gasteiger charge is 2.21. The van der Waals surface area contributed by atoms with Crippen LogP contribution in [0, 0.1) is 5.82 Å². The van der Waals surface area contributed by atoms with Crippen LogP contribution in [0.15, 0.2) is 47.2 Å². The van der Waals surface area contributed by atoms with Gasteiger partial charge in [0.2, 0.25) is 0 Å². The van der Waals surface area contributed by atoms with E-state index in [1.54, 1.807) is 18.4 Å². The van der Waals surface area contributed by atoms with Gasteiger partial charge in [-0.2, -0.15) is 0 Å². The molecule has 1 aliphatic rings. The molecule has 0 bridgehead atoms. The summed E-state index contributed by atoms with van der Waals surface area (Å²) in [6, 6.07) is 8.91. The first-order chi connectivity index (χ1) is 12.2. The molecule has 0 atom stereocenters. The Morgan fingerprint density at radius 1 is 1.28 bits per heavy atom. The molecule has 1 aliphatic heterocycles. The highest BCUT2D eigenvalue weighted by molar-refractivity contribution is 5.47. The van der Waals surface area contributed by atoms with Crippen LogP contribution >= 0.6 is 0 Å². The molecule has 3 heterocycles. The lowest BCUT2D eigenvalue weighted by Crippen LogP contribution is -2.31. The first kappa shape index (κ1) is 15.8. The number of aromatic nitrogens is 2. The Labute approximate surface area is 145 Å². The monoisotopic (exact) mass is 339 g/mol. The molecule has 0 saturated heterocycles. The van der Waals surface area contributed by atoms with Crippen molar-refractivity contribution >= 4 is 0 Å². The topological polar surface area (TPSA) is 51.4 Å². The third-order valence-electron chi connectivity index (χ3n) is 4.41.